The number of hydrogen-bond donors (Lipinski definition) is 1. The monoisotopic (exact) mass is 310 g/mol. The minimum absolute atomic E-state index is 0.0310. The van der Waals surface area contributed by atoms with Crippen LogP contribution >= 0.6 is 11.3 Å². The lowest BCUT2D eigenvalue weighted by Gasteiger charge is -2.48. The van der Waals surface area contributed by atoms with Crippen molar-refractivity contribution in [3.8, 4) is 0 Å². The maximum absolute atomic E-state index is 5.26. The van der Waals surface area contributed by atoms with Gasteiger partial charge >= 0.3 is 0 Å². The fraction of sp³-hybridized carbons (Fsp3) is 0.824. The number of nitrogens with zero attached hydrogens (tertiary/aromatic N) is 1. The van der Waals surface area contributed by atoms with Crippen LogP contribution in [0, 0.1) is 24.7 Å². The molecule has 120 valence electrons. The molecule has 1 fully saturated rings. The highest BCUT2D eigenvalue weighted by atomic mass is 32.1. The van der Waals surface area contributed by atoms with Crippen LogP contribution in [-0.2, 0) is 10.3 Å². The van der Waals surface area contributed by atoms with Crippen LogP contribution in [0.3, 0.4) is 0 Å². The van der Waals surface area contributed by atoms with Crippen LogP contribution in [0.2, 0.25) is 0 Å². The van der Waals surface area contributed by atoms with Gasteiger partial charge in [0.05, 0.1) is 12.1 Å². The highest BCUT2D eigenvalue weighted by molar-refractivity contribution is 7.09. The van der Waals surface area contributed by atoms with Gasteiger partial charge in [0.25, 0.3) is 0 Å². The largest absolute Gasteiger partial charge is 0.383 e. The van der Waals surface area contributed by atoms with Gasteiger partial charge in [-0.1, -0.05) is 27.2 Å². The van der Waals surface area contributed by atoms with Gasteiger partial charge in [0.1, 0.15) is 5.01 Å². The summed E-state index contributed by atoms with van der Waals surface area (Å²) in [7, 11) is 1.77. The Hall–Kier alpha value is -0.450. The van der Waals surface area contributed by atoms with Crippen LogP contribution in [0.1, 0.15) is 50.7 Å². The molecule has 1 heterocycles. The summed E-state index contributed by atoms with van der Waals surface area (Å²) in [5.74, 6) is 2.06. The molecule has 1 saturated carbocycles. The zero-order valence-corrected chi connectivity index (χ0v) is 14.9. The maximum atomic E-state index is 5.26. The van der Waals surface area contributed by atoms with Crippen molar-refractivity contribution >= 4 is 11.3 Å². The molecule has 0 spiro atoms. The van der Waals surface area contributed by atoms with E-state index in [-0.39, 0.29) is 5.54 Å². The zero-order valence-electron chi connectivity index (χ0n) is 14.1. The summed E-state index contributed by atoms with van der Waals surface area (Å²) < 4.78 is 5.26. The minimum Gasteiger partial charge on any atom is -0.383 e. The van der Waals surface area contributed by atoms with Gasteiger partial charge in [-0.3, -0.25) is 0 Å². The molecule has 21 heavy (non-hydrogen) atoms. The fourth-order valence-corrected chi connectivity index (χ4v) is 4.92. The lowest BCUT2D eigenvalue weighted by Crippen LogP contribution is -2.54. The van der Waals surface area contributed by atoms with Crippen molar-refractivity contribution in [1.29, 1.82) is 0 Å². The van der Waals surface area contributed by atoms with Crippen molar-refractivity contribution in [2.45, 2.75) is 52.5 Å². The molecule has 0 aromatic carbocycles. The van der Waals surface area contributed by atoms with Gasteiger partial charge in [0.15, 0.2) is 0 Å². The van der Waals surface area contributed by atoms with Crippen molar-refractivity contribution in [2.24, 2.45) is 17.8 Å². The van der Waals surface area contributed by atoms with Gasteiger partial charge < -0.3 is 10.1 Å². The van der Waals surface area contributed by atoms with E-state index < -0.39 is 0 Å². The highest BCUT2D eigenvalue weighted by Gasteiger charge is 2.47. The van der Waals surface area contributed by atoms with Crippen LogP contribution in [0.5, 0.6) is 0 Å². The topological polar surface area (TPSA) is 34.1 Å². The summed E-state index contributed by atoms with van der Waals surface area (Å²) in [5, 5.41) is 7.32. The third-order valence-corrected chi connectivity index (χ3v) is 5.96. The predicted molar refractivity (Wildman–Crippen MR) is 89.8 cm³/mol. The molecule has 1 aromatic rings. The van der Waals surface area contributed by atoms with E-state index in [9.17, 15) is 0 Å². The van der Waals surface area contributed by atoms with E-state index in [1.165, 1.54) is 24.3 Å². The lowest BCUT2D eigenvalue weighted by atomic mass is 9.65. The van der Waals surface area contributed by atoms with Crippen molar-refractivity contribution in [3.63, 3.8) is 0 Å². The fourth-order valence-electron chi connectivity index (χ4n) is 3.88. The van der Waals surface area contributed by atoms with Crippen LogP contribution in [0.4, 0.5) is 0 Å². The molecule has 1 aliphatic rings. The Balaban J connectivity index is 2.35. The Kier molecular flexibility index (Phi) is 5.81. The number of hydrogen-bond acceptors (Lipinski definition) is 4. The van der Waals surface area contributed by atoms with E-state index in [1.807, 2.05) is 11.3 Å². The van der Waals surface area contributed by atoms with Gasteiger partial charge in [-0.2, -0.15) is 0 Å². The summed E-state index contributed by atoms with van der Waals surface area (Å²) in [5.41, 5.74) is 1.17. The third-order valence-electron chi connectivity index (χ3n) is 4.83. The molecule has 4 heteroatoms. The standard InChI is InChI=1S/C17H30N2OS/c1-12(2)15-7-6-13(3)10-17(15,18-8-9-20-5)16-19-14(4)11-21-16/h11-13,15,18H,6-10H2,1-5H3. The second kappa shape index (κ2) is 7.21. The van der Waals surface area contributed by atoms with Gasteiger partial charge in [-0.15, -0.1) is 11.3 Å². The summed E-state index contributed by atoms with van der Waals surface area (Å²) in [6.07, 6.45) is 3.81. The molecule has 0 radical (unpaired) electrons. The quantitative estimate of drug-likeness (QED) is 0.807. The van der Waals surface area contributed by atoms with Gasteiger partial charge in [0.2, 0.25) is 0 Å². The summed E-state index contributed by atoms with van der Waals surface area (Å²) >= 11 is 1.82. The SMILES string of the molecule is COCCNC1(c2nc(C)cs2)CC(C)CCC1C(C)C. The molecule has 2 rings (SSSR count). The summed E-state index contributed by atoms with van der Waals surface area (Å²) in [6, 6.07) is 0. The normalized spacial score (nSPS) is 30.0. The summed E-state index contributed by atoms with van der Waals surface area (Å²) in [6.45, 7) is 10.8. The van der Waals surface area contributed by atoms with Gasteiger partial charge in [-0.25, -0.2) is 4.98 Å². The van der Waals surface area contributed by atoms with Crippen LogP contribution < -0.4 is 5.32 Å². The average Bonchev–Trinajstić information content (AvgIpc) is 2.86. The first-order chi connectivity index (χ1) is 9.99. The minimum atomic E-state index is 0.0310. The van der Waals surface area contributed by atoms with Gasteiger partial charge in [0, 0.05) is 24.7 Å². The van der Waals surface area contributed by atoms with Crippen molar-refractivity contribution in [3.05, 3.63) is 16.1 Å². The number of rotatable bonds is 6. The van der Waals surface area contributed by atoms with Crippen LogP contribution in [0.25, 0.3) is 0 Å². The molecule has 0 aliphatic heterocycles. The molecule has 3 nitrogen and oxygen atoms in total. The Morgan fingerprint density at radius 1 is 1.48 bits per heavy atom. The first-order valence-corrected chi connectivity index (χ1v) is 9.04. The molecular weight excluding hydrogens is 280 g/mol. The van der Waals surface area contributed by atoms with Crippen LogP contribution in [-0.4, -0.2) is 25.2 Å². The number of ether oxygens (including phenoxy) is 1. The zero-order chi connectivity index (χ0) is 15.5. The number of aromatic nitrogens is 1. The molecule has 3 atom stereocenters. The molecule has 0 bridgehead atoms. The Morgan fingerprint density at radius 3 is 2.81 bits per heavy atom. The molecule has 0 amide bonds. The Bertz CT molecular complexity index is 446. The lowest BCUT2D eigenvalue weighted by molar-refractivity contribution is 0.0637. The van der Waals surface area contributed by atoms with E-state index in [4.69, 9.17) is 9.72 Å². The molecule has 3 unspecified atom stereocenters. The highest BCUT2D eigenvalue weighted by Crippen LogP contribution is 2.48. The molecule has 0 saturated heterocycles. The number of methoxy groups -OCH3 is 1. The second-order valence-electron chi connectivity index (χ2n) is 6.92. The second-order valence-corrected chi connectivity index (χ2v) is 7.78. The van der Waals surface area contributed by atoms with E-state index in [0.717, 1.165) is 24.8 Å². The first kappa shape index (κ1) is 16.9. The van der Waals surface area contributed by atoms with Gasteiger partial charge in [-0.05, 0) is 37.5 Å². The van der Waals surface area contributed by atoms with Crippen molar-refractivity contribution < 1.29 is 4.74 Å². The first-order valence-electron chi connectivity index (χ1n) is 8.16. The average molecular weight is 311 g/mol. The molecule has 1 N–H and O–H groups in total. The maximum Gasteiger partial charge on any atom is 0.113 e. The number of nitrogens with one attached hydrogen (secondary N) is 1. The Labute approximate surface area is 133 Å². The van der Waals surface area contributed by atoms with E-state index in [2.05, 4.69) is 38.4 Å². The number of aryl methyl sites for hydroxylation is 1. The van der Waals surface area contributed by atoms with Crippen molar-refractivity contribution in [1.82, 2.24) is 10.3 Å². The predicted octanol–water partition coefficient (Wildman–Crippen LogP) is 3.98. The molecular formula is C17H30N2OS. The number of thiazole rings is 1. The Morgan fingerprint density at radius 2 is 2.24 bits per heavy atom. The molecule has 1 aliphatic carbocycles. The van der Waals surface area contributed by atoms with E-state index >= 15 is 0 Å². The van der Waals surface area contributed by atoms with E-state index in [1.54, 1.807) is 7.11 Å². The van der Waals surface area contributed by atoms with Crippen LogP contribution in [0.15, 0.2) is 5.38 Å². The third kappa shape index (κ3) is 3.66. The van der Waals surface area contributed by atoms with E-state index in [0.29, 0.717) is 11.8 Å². The van der Waals surface area contributed by atoms with Crippen molar-refractivity contribution in [2.75, 3.05) is 20.3 Å². The molecule has 1 aromatic heterocycles. The summed E-state index contributed by atoms with van der Waals surface area (Å²) in [4.78, 5) is 4.87. The smallest absolute Gasteiger partial charge is 0.113 e.